The quantitative estimate of drug-likeness (QED) is 0.870. The Labute approximate surface area is 147 Å². The molecule has 0 aromatic carbocycles. The lowest BCUT2D eigenvalue weighted by atomic mass is 9.91. The van der Waals surface area contributed by atoms with E-state index in [1.54, 1.807) is 6.92 Å². The monoisotopic (exact) mass is 349 g/mol. The highest BCUT2D eigenvalue weighted by molar-refractivity contribution is 5.76. The minimum atomic E-state index is -0.372. The molecule has 2 amide bonds. The number of aromatic nitrogens is 3. The van der Waals surface area contributed by atoms with Gasteiger partial charge in [0.2, 0.25) is 11.8 Å². The first-order chi connectivity index (χ1) is 11.9. The van der Waals surface area contributed by atoms with Crippen LogP contribution in [-0.4, -0.2) is 50.4 Å². The SMILES string of the molecule is CC(=O)N1CCCC2(C1)Cn1nnc(CNC(=O)CC(C)C)c1CO2. The van der Waals surface area contributed by atoms with Crippen molar-refractivity contribution < 1.29 is 14.3 Å². The molecule has 8 nitrogen and oxygen atoms in total. The lowest BCUT2D eigenvalue weighted by molar-refractivity contribution is -0.151. The van der Waals surface area contributed by atoms with Crippen LogP contribution in [0.1, 0.15) is 51.4 Å². The standard InChI is InChI=1S/C17H27N5O3/c1-12(2)7-16(24)18-8-14-15-9-25-17(11-22(15)20-19-14)5-4-6-21(10-17)13(3)23/h12H,4-11H2,1-3H3,(H,18,24). The maximum atomic E-state index is 11.8. The number of hydrogen-bond donors (Lipinski definition) is 1. The van der Waals surface area contributed by atoms with E-state index in [4.69, 9.17) is 4.74 Å². The normalized spacial score (nSPS) is 23.0. The molecule has 2 aliphatic heterocycles. The van der Waals surface area contributed by atoms with Crippen LogP contribution < -0.4 is 5.32 Å². The summed E-state index contributed by atoms with van der Waals surface area (Å²) in [6.45, 7) is 8.40. The van der Waals surface area contributed by atoms with E-state index >= 15 is 0 Å². The molecule has 0 radical (unpaired) electrons. The first-order valence-electron chi connectivity index (χ1n) is 8.96. The zero-order valence-corrected chi connectivity index (χ0v) is 15.2. The highest BCUT2D eigenvalue weighted by Crippen LogP contribution is 2.32. The zero-order chi connectivity index (χ0) is 18.0. The number of carbonyl (C=O) groups is 2. The van der Waals surface area contributed by atoms with Gasteiger partial charge in [0.05, 0.1) is 31.9 Å². The maximum Gasteiger partial charge on any atom is 0.220 e. The van der Waals surface area contributed by atoms with Gasteiger partial charge in [-0.15, -0.1) is 5.10 Å². The minimum absolute atomic E-state index is 0.0225. The van der Waals surface area contributed by atoms with Gasteiger partial charge in [-0.2, -0.15) is 0 Å². The second-order valence-electron chi connectivity index (χ2n) is 7.53. The third-order valence-corrected chi connectivity index (χ3v) is 4.90. The Morgan fingerprint density at radius 1 is 1.36 bits per heavy atom. The summed E-state index contributed by atoms with van der Waals surface area (Å²) in [5.41, 5.74) is 1.30. The van der Waals surface area contributed by atoms with Gasteiger partial charge >= 0.3 is 0 Å². The lowest BCUT2D eigenvalue weighted by Gasteiger charge is -2.44. The van der Waals surface area contributed by atoms with Crippen molar-refractivity contribution in [3.63, 3.8) is 0 Å². The van der Waals surface area contributed by atoms with Gasteiger partial charge in [0.15, 0.2) is 0 Å². The average molecular weight is 349 g/mol. The van der Waals surface area contributed by atoms with Crippen molar-refractivity contribution in [2.24, 2.45) is 5.92 Å². The Kier molecular flexibility index (Phi) is 5.08. The number of piperidine rings is 1. The molecular weight excluding hydrogens is 322 g/mol. The minimum Gasteiger partial charge on any atom is -0.365 e. The smallest absolute Gasteiger partial charge is 0.220 e. The predicted molar refractivity (Wildman–Crippen MR) is 90.3 cm³/mol. The fourth-order valence-corrected chi connectivity index (χ4v) is 3.57. The van der Waals surface area contributed by atoms with E-state index in [2.05, 4.69) is 15.6 Å². The lowest BCUT2D eigenvalue weighted by Crippen LogP contribution is -2.55. The Bertz CT molecular complexity index is 657. The van der Waals surface area contributed by atoms with Gasteiger partial charge < -0.3 is 15.0 Å². The van der Waals surface area contributed by atoms with E-state index in [1.165, 1.54) is 0 Å². The third kappa shape index (κ3) is 4.00. The molecule has 8 heteroatoms. The van der Waals surface area contributed by atoms with Crippen molar-refractivity contribution in [3.05, 3.63) is 11.4 Å². The van der Waals surface area contributed by atoms with Crippen molar-refractivity contribution in [1.82, 2.24) is 25.2 Å². The molecule has 0 aliphatic carbocycles. The summed E-state index contributed by atoms with van der Waals surface area (Å²) >= 11 is 0. The number of nitrogens with one attached hydrogen (secondary N) is 1. The van der Waals surface area contributed by atoms with Crippen molar-refractivity contribution in [2.75, 3.05) is 13.1 Å². The van der Waals surface area contributed by atoms with Crippen LogP contribution in [0, 0.1) is 5.92 Å². The number of ether oxygens (including phenoxy) is 1. The van der Waals surface area contributed by atoms with Gasteiger partial charge in [-0.05, 0) is 18.8 Å². The van der Waals surface area contributed by atoms with Crippen LogP contribution >= 0.6 is 0 Å². The van der Waals surface area contributed by atoms with Crippen molar-refractivity contribution in [3.8, 4) is 0 Å². The van der Waals surface area contributed by atoms with E-state index < -0.39 is 0 Å². The number of nitrogens with zero attached hydrogens (tertiary/aromatic N) is 4. The van der Waals surface area contributed by atoms with Gasteiger partial charge in [-0.3, -0.25) is 9.59 Å². The number of carbonyl (C=O) groups excluding carboxylic acids is 2. The molecule has 1 spiro atoms. The van der Waals surface area contributed by atoms with E-state index in [1.807, 2.05) is 23.4 Å². The summed E-state index contributed by atoms with van der Waals surface area (Å²) in [5.74, 6) is 0.433. The second kappa shape index (κ2) is 7.11. The maximum absolute atomic E-state index is 11.8. The summed E-state index contributed by atoms with van der Waals surface area (Å²) in [6, 6.07) is 0. The Morgan fingerprint density at radius 3 is 2.88 bits per heavy atom. The highest BCUT2D eigenvalue weighted by atomic mass is 16.5. The first kappa shape index (κ1) is 17.8. The summed E-state index contributed by atoms with van der Waals surface area (Å²) in [5, 5.41) is 11.4. The largest absolute Gasteiger partial charge is 0.365 e. The van der Waals surface area contributed by atoms with Crippen LogP contribution in [0.15, 0.2) is 0 Å². The molecule has 1 N–H and O–H groups in total. The van der Waals surface area contributed by atoms with E-state index in [-0.39, 0.29) is 17.4 Å². The van der Waals surface area contributed by atoms with Crippen LogP contribution in [0.4, 0.5) is 0 Å². The molecule has 1 fully saturated rings. The second-order valence-corrected chi connectivity index (χ2v) is 7.53. The molecule has 0 bridgehead atoms. The molecule has 3 heterocycles. The number of fused-ring (bicyclic) bond motifs is 1. The fraction of sp³-hybridized carbons (Fsp3) is 0.765. The summed E-state index contributed by atoms with van der Waals surface area (Å²) in [4.78, 5) is 25.4. The number of hydrogen-bond acceptors (Lipinski definition) is 5. The fourth-order valence-electron chi connectivity index (χ4n) is 3.57. The van der Waals surface area contributed by atoms with Crippen LogP contribution in [0.2, 0.25) is 0 Å². The molecule has 1 atom stereocenters. The van der Waals surface area contributed by atoms with Crippen LogP contribution in [-0.2, 0) is 34.0 Å². The molecule has 138 valence electrons. The average Bonchev–Trinajstić information content (AvgIpc) is 2.94. The van der Waals surface area contributed by atoms with Crippen LogP contribution in [0.5, 0.6) is 0 Å². The molecule has 0 saturated carbocycles. The summed E-state index contributed by atoms with van der Waals surface area (Å²) < 4.78 is 8.05. The Balaban J connectivity index is 1.64. The van der Waals surface area contributed by atoms with Crippen molar-refractivity contribution >= 4 is 11.8 Å². The summed E-state index contributed by atoms with van der Waals surface area (Å²) in [6.07, 6.45) is 2.35. The zero-order valence-electron chi connectivity index (χ0n) is 15.2. The van der Waals surface area contributed by atoms with E-state index in [9.17, 15) is 9.59 Å². The Morgan fingerprint density at radius 2 is 2.16 bits per heavy atom. The van der Waals surface area contributed by atoms with E-state index in [0.29, 0.717) is 38.6 Å². The number of amides is 2. The van der Waals surface area contributed by atoms with Gasteiger partial charge in [0.25, 0.3) is 0 Å². The molecule has 1 aromatic rings. The molecule has 1 aromatic heterocycles. The van der Waals surface area contributed by atoms with Crippen molar-refractivity contribution in [1.29, 1.82) is 0 Å². The molecule has 1 unspecified atom stereocenters. The van der Waals surface area contributed by atoms with Crippen molar-refractivity contribution in [2.45, 2.75) is 65.3 Å². The van der Waals surface area contributed by atoms with Gasteiger partial charge in [0.1, 0.15) is 11.3 Å². The van der Waals surface area contributed by atoms with Crippen LogP contribution in [0.3, 0.4) is 0 Å². The summed E-state index contributed by atoms with van der Waals surface area (Å²) in [7, 11) is 0. The van der Waals surface area contributed by atoms with Gasteiger partial charge in [-0.1, -0.05) is 19.1 Å². The molecule has 1 saturated heterocycles. The molecule has 2 aliphatic rings. The molecular formula is C17H27N5O3. The highest BCUT2D eigenvalue weighted by Gasteiger charge is 2.41. The predicted octanol–water partition coefficient (Wildman–Crippen LogP) is 0.852. The van der Waals surface area contributed by atoms with E-state index in [0.717, 1.165) is 30.8 Å². The van der Waals surface area contributed by atoms with Gasteiger partial charge in [0, 0.05) is 19.9 Å². The molecule has 25 heavy (non-hydrogen) atoms. The number of rotatable bonds is 4. The number of likely N-dealkylation sites (tertiary alicyclic amines) is 1. The first-order valence-corrected chi connectivity index (χ1v) is 8.96. The Hall–Kier alpha value is -1.96. The third-order valence-electron chi connectivity index (χ3n) is 4.90. The topological polar surface area (TPSA) is 89.4 Å². The van der Waals surface area contributed by atoms with Crippen LogP contribution in [0.25, 0.3) is 0 Å². The molecule has 3 rings (SSSR count). The van der Waals surface area contributed by atoms with Gasteiger partial charge in [-0.25, -0.2) is 4.68 Å².